The summed E-state index contributed by atoms with van der Waals surface area (Å²) in [5.41, 5.74) is 1.27. The number of aryl methyl sites for hydroxylation is 1. The van der Waals surface area contributed by atoms with E-state index in [0.29, 0.717) is 29.2 Å². The molecule has 7 nitrogen and oxygen atoms in total. The fraction of sp³-hybridized carbons (Fsp3) is 0.158. The Morgan fingerprint density at radius 3 is 2.74 bits per heavy atom. The second kappa shape index (κ2) is 8.01. The molecule has 2 aromatic carbocycles. The Balaban J connectivity index is 1.77. The van der Waals surface area contributed by atoms with E-state index in [4.69, 9.17) is 11.6 Å². The number of carbonyl (C=O) groups excluding carboxylic acids is 1. The number of aromatic amines is 1. The molecule has 0 saturated heterocycles. The maximum atomic E-state index is 12.6. The van der Waals surface area contributed by atoms with Crippen LogP contribution in [-0.2, 0) is 6.42 Å². The van der Waals surface area contributed by atoms with Crippen molar-refractivity contribution in [3.05, 3.63) is 91.2 Å². The minimum atomic E-state index is -0.670. The third-order valence-electron chi connectivity index (χ3n) is 4.06. The van der Waals surface area contributed by atoms with Gasteiger partial charge in [-0.05, 0) is 42.7 Å². The van der Waals surface area contributed by atoms with Crippen LogP contribution in [0.5, 0.6) is 0 Å². The van der Waals surface area contributed by atoms with Crippen molar-refractivity contribution in [2.45, 2.75) is 13.3 Å². The number of nitrogens with zero attached hydrogens (tertiary/aromatic N) is 2. The smallest absolute Gasteiger partial charge is 0.349 e. The number of hydrogen-bond donors (Lipinski definition) is 2. The van der Waals surface area contributed by atoms with Crippen molar-refractivity contribution in [2.24, 2.45) is 0 Å². The molecule has 0 aliphatic heterocycles. The molecule has 3 rings (SSSR count). The summed E-state index contributed by atoms with van der Waals surface area (Å²) in [4.78, 5) is 37.7. The number of halogens is 1. The Bertz CT molecular complexity index is 1100. The Kier molecular flexibility index (Phi) is 5.52. The van der Waals surface area contributed by atoms with Gasteiger partial charge in [-0.15, -0.1) is 0 Å². The van der Waals surface area contributed by atoms with E-state index < -0.39 is 11.2 Å². The number of hydrogen-bond acceptors (Lipinski definition) is 4. The molecule has 0 radical (unpaired) electrons. The van der Waals surface area contributed by atoms with Gasteiger partial charge in [-0.2, -0.15) is 9.78 Å². The lowest BCUT2D eigenvalue weighted by Crippen LogP contribution is -2.31. The first-order chi connectivity index (χ1) is 13.0. The molecule has 0 spiro atoms. The molecule has 138 valence electrons. The van der Waals surface area contributed by atoms with E-state index >= 15 is 0 Å². The van der Waals surface area contributed by atoms with Crippen molar-refractivity contribution >= 4 is 17.5 Å². The quantitative estimate of drug-likeness (QED) is 0.701. The van der Waals surface area contributed by atoms with Crippen molar-refractivity contribution in [2.75, 3.05) is 6.54 Å². The van der Waals surface area contributed by atoms with Gasteiger partial charge in [0.05, 0.1) is 5.69 Å². The summed E-state index contributed by atoms with van der Waals surface area (Å²) >= 11 is 6.12. The SMILES string of the molecule is Cc1ccc(-n2ncc(=O)[nH]c2=O)cc1C(=O)NCCc1ccccc1Cl. The van der Waals surface area contributed by atoms with Gasteiger partial charge in [-0.1, -0.05) is 35.9 Å². The first-order valence-corrected chi connectivity index (χ1v) is 8.65. The Labute approximate surface area is 159 Å². The van der Waals surface area contributed by atoms with Gasteiger partial charge in [-0.25, -0.2) is 4.79 Å². The number of amides is 1. The van der Waals surface area contributed by atoms with E-state index in [1.54, 1.807) is 31.2 Å². The van der Waals surface area contributed by atoms with Crippen LogP contribution in [0.25, 0.3) is 5.69 Å². The standard InChI is InChI=1S/C19H17ClN4O3/c1-12-6-7-14(24-19(27)23-17(25)11-22-24)10-15(12)18(26)21-9-8-13-4-2-3-5-16(13)20/h2-7,10-11H,8-9H2,1H3,(H,21,26)(H,23,25,27). The van der Waals surface area contributed by atoms with Crippen molar-refractivity contribution in [3.63, 3.8) is 0 Å². The van der Waals surface area contributed by atoms with Crippen LogP contribution in [0.3, 0.4) is 0 Å². The van der Waals surface area contributed by atoms with Gasteiger partial charge >= 0.3 is 5.69 Å². The van der Waals surface area contributed by atoms with Gasteiger partial charge in [0.25, 0.3) is 11.5 Å². The van der Waals surface area contributed by atoms with Crippen LogP contribution in [0.4, 0.5) is 0 Å². The fourth-order valence-electron chi connectivity index (χ4n) is 2.63. The average molecular weight is 385 g/mol. The van der Waals surface area contributed by atoms with Crippen molar-refractivity contribution in [1.82, 2.24) is 20.1 Å². The number of carbonyl (C=O) groups is 1. The average Bonchev–Trinajstić information content (AvgIpc) is 2.64. The predicted molar refractivity (Wildman–Crippen MR) is 103 cm³/mol. The first kappa shape index (κ1) is 18.6. The maximum Gasteiger partial charge on any atom is 0.349 e. The summed E-state index contributed by atoms with van der Waals surface area (Å²) in [6.07, 6.45) is 1.61. The molecule has 0 atom stereocenters. The molecular formula is C19H17ClN4O3. The molecule has 27 heavy (non-hydrogen) atoms. The molecule has 0 fully saturated rings. The maximum absolute atomic E-state index is 12.6. The minimum absolute atomic E-state index is 0.265. The van der Waals surface area contributed by atoms with E-state index in [2.05, 4.69) is 15.4 Å². The molecule has 0 saturated carbocycles. The topological polar surface area (TPSA) is 96.8 Å². The summed E-state index contributed by atoms with van der Waals surface area (Å²) in [6.45, 7) is 2.22. The van der Waals surface area contributed by atoms with Gasteiger partial charge in [-0.3, -0.25) is 14.6 Å². The molecule has 1 amide bonds. The molecule has 8 heteroatoms. The molecule has 0 aliphatic carbocycles. The van der Waals surface area contributed by atoms with Crippen LogP contribution in [0.2, 0.25) is 5.02 Å². The lowest BCUT2D eigenvalue weighted by Gasteiger charge is -2.11. The highest BCUT2D eigenvalue weighted by atomic mass is 35.5. The molecule has 0 aliphatic rings. The van der Waals surface area contributed by atoms with Crippen molar-refractivity contribution in [1.29, 1.82) is 0 Å². The van der Waals surface area contributed by atoms with Crippen LogP contribution in [0.15, 0.2) is 58.3 Å². The summed E-state index contributed by atoms with van der Waals surface area (Å²) in [7, 11) is 0. The Hall–Kier alpha value is -3.19. The van der Waals surface area contributed by atoms with E-state index in [9.17, 15) is 14.4 Å². The number of benzene rings is 2. The van der Waals surface area contributed by atoms with E-state index in [1.807, 2.05) is 18.2 Å². The third kappa shape index (κ3) is 4.32. The highest BCUT2D eigenvalue weighted by molar-refractivity contribution is 6.31. The number of rotatable bonds is 5. The third-order valence-corrected chi connectivity index (χ3v) is 4.43. The second-order valence-electron chi connectivity index (χ2n) is 5.95. The largest absolute Gasteiger partial charge is 0.352 e. The summed E-state index contributed by atoms with van der Waals surface area (Å²) in [5.74, 6) is -0.265. The molecule has 1 heterocycles. The zero-order valence-corrected chi connectivity index (χ0v) is 15.3. The monoisotopic (exact) mass is 384 g/mol. The number of H-pyrrole nitrogens is 1. The molecule has 1 aromatic heterocycles. The van der Waals surface area contributed by atoms with Gasteiger partial charge in [0.2, 0.25) is 0 Å². The molecule has 0 bridgehead atoms. The van der Waals surface area contributed by atoms with Gasteiger partial charge in [0.15, 0.2) is 0 Å². The zero-order valence-electron chi connectivity index (χ0n) is 14.5. The van der Waals surface area contributed by atoms with Crippen LogP contribution in [-0.4, -0.2) is 27.2 Å². The number of nitrogens with one attached hydrogen (secondary N) is 2. The molecule has 0 unspecified atom stereocenters. The van der Waals surface area contributed by atoms with E-state index in [1.165, 1.54) is 0 Å². The number of aromatic nitrogens is 3. The molecular weight excluding hydrogens is 368 g/mol. The minimum Gasteiger partial charge on any atom is -0.352 e. The summed E-state index contributed by atoms with van der Waals surface area (Å²) < 4.78 is 1.03. The normalized spacial score (nSPS) is 10.6. The van der Waals surface area contributed by atoms with Gasteiger partial charge in [0.1, 0.15) is 6.20 Å². The molecule has 2 N–H and O–H groups in total. The van der Waals surface area contributed by atoms with Crippen LogP contribution in [0, 0.1) is 6.92 Å². The summed E-state index contributed by atoms with van der Waals surface area (Å²) in [6, 6.07) is 12.4. The highest BCUT2D eigenvalue weighted by Gasteiger charge is 2.12. The highest BCUT2D eigenvalue weighted by Crippen LogP contribution is 2.16. The van der Waals surface area contributed by atoms with Gasteiger partial charge < -0.3 is 5.32 Å². The van der Waals surface area contributed by atoms with Crippen LogP contribution >= 0.6 is 11.6 Å². The van der Waals surface area contributed by atoms with Crippen molar-refractivity contribution in [3.8, 4) is 5.69 Å². The lowest BCUT2D eigenvalue weighted by molar-refractivity contribution is 0.0953. The van der Waals surface area contributed by atoms with Gasteiger partial charge in [0, 0.05) is 17.1 Å². The Morgan fingerprint density at radius 2 is 2.00 bits per heavy atom. The van der Waals surface area contributed by atoms with Crippen LogP contribution < -0.4 is 16.6 Å². The zero-order chi connectivity index (χ0) is 19.4. The predicted octanol–water partition coefficient (Wildman–Crippen LogP) is 1.86. The van der Waals surface area contributed by atoms with Crippen molar-refractivity contribution < 1.29 is 4.79 Å². The van der Waals surface area contributed by atoms with E-state index in [-0.39, 0.29) is 5.91 Å². The summed E-state index contributed by atoms with van der Waals surface area (Å²) in [5, 5.41) is 7.32. The lowest BCUT2D eigenvalue weighted by atomic mass is 10.1. The molecule has 3 aromatic rings. The second-order valence-corrected chi connectivity index (χ2v) is 6.35. The first-order valence-electron chi connectivity index (χ1n) is 8.27. The Morgan fingerprint density at radius 1 is 1.22 bits per heavy atom. The van der Waals surface area contributed by atoms with E-state index in [0.717, 1.165) is 22.0 Å². The van der Waals surface area contributed by atoms with Crippen LogP contribution in [0.1, 0.15) is 21.5 Å². The fourth-order valence-corrected chi connectivity index (χ4v) is 2.86.